The molecule has 2 aromatic rings. The van der Waals surface area contributed by atoms with E-state index in [1.54, 1.807) is 25.3 Å². The van der Waals surface area contributed by atoms with Crippen LogP contribution in [0.2, 0.25) is 0 Å². The number of hydrogen-bond donors (Lipinski definition) is 3. The molecule has 1 heterocycles. The molecule has 0 saturated carbocycles. The summed E-state index contributed by atoms with van der Waals surface area (Å²) in [5.74, 6) is -2.64. The van der Waals surface area contributed by atoms with Gasteiger partial charge in [-0.3, -0.25) is 14.7 Å². The van der Waals surface area contributed by atoms with Crippen LogP contribution in [0.3, 0.4) is 0 Å². The summed E-state index contributed by atoms with van der Waals surface area (Å²) in [6.07, 6.45) is 1.62. The van der Waals surface area contributed by atoms with Crippen LogP contribution in [0.4, 0.5) is 5.69 Å². The summed E-state index contributed by atoms with van der Waals surface area (Å²) in [7, 11) is 0. The number of benzene rings is 1. The van der Waals surface area contributed by atoms with E-state index in [0.29, 0.717) is 5.69 Å². The number of amides is 1. The van der Waals surface area contributed by atoms with Crippen molar-refractivity contribution in [1.29, 1.82) is 0 Å². The second-order valence-corrected chi connectivity index (χ2v) is 4.54. The summed E-state index contributed by atoms with van der Waals surface area (Å²) in [4.78, 5) is 22.9. The topological polar surface area (TPSA) is 95.1 Å². The molecule has 0 spiro atoms. The van der Waals surface area contributed by atoms with Gasteiger partial charge in [-0.1, -0.05) is 19.9 Å². The average molecular weight is 261 g/mol. The normalized spacial score (nSPS) is 14.0. The number of aromatic amines is 1. The zero-order valence-corrected chi connectivity index (χ0v) is 10.7. The number of carboxylic acids is 1. The summed E-state index contributed by atoms with van der Waals surface area (Å²) in [5.41, 5.74) is 1.44. The molecule has 3 N–H and O–H groups in total. The van der Waals surface area contributed by atoms with E-state index in [-0.39, 0.29) is 5.91 Å². The van der Waals surface area contributed by atoms with Crippen LogP contribution in [-0.4, -0.2) is 27.2 Å². The van der Waals surface area contributed by atoms with Crippen LogP contribution in [-0.2, 0) is 9.59 Å². The highest BCUT2D eigenvalue weighted by atomic mass is 16.4. The summed E-state index contributed by atoms with van der Waals surface area (Å²) in [6, 6.07) is 5.40. The van der Waals surface area contributed by atoms with E-state index in [9.17, 15) is 9.59 Å². The first-order valence-electron chi connectivity index (χ1n) is 5.96. The number of carboxylic acid groups (broad SMARTS) is 1. The Morgan fingerprint density at radius 1 is 1.32 bits per heavy atom. The number of nitrogens with zero attached hydrogens (tertiary/aromatic N) is 1. The van der Waals surface area contributed by atoms with Crippen molar-refractivity contribution in [1.82, 2.24) is 10.2 Å². The fourth-order valence-corrected chi connectivity index (χ4v) is 1.76. The van der Waals surface area contributed by atoms with Gasteiger partial charge >= 0.3 is 5.97 Å². The molecule has 0 aliphatic heterocycles. The summed E-state index contributed by atoms with van der Waals surface area (Å²) in [5, 5.41) is 19.2. The monoisotopic (exact) mass is 261 g/mol. The van der Waals surface area contributed by atoms with Gasteiger partial charge in [-0.2, -0.15) is 5.10 Å². The highest BCUT2D eigenvalue weighted by Crippen LogP contribution is 2.22. The van der Waals surface area contributed by atoms with E-state index in [4.69, 9.17) is 5.11 Å². The Labute approximate surface area is 109 Å². The van der Waals surface area contributed by atoms with Crippen molar-refractivity contribution >= 4 is 28.5 Å². The molecule has 2 atom stereocenters. The Morgan fingerprint density at radius 2 is 2.05 bits per heavy atom. The van der Waals surface area contributed by atoms with Gasteiger partial charge in [-0.25, -0.2) is 0 Å². The largest absolute Gasteiger partial charge is 0.481 e. The van der Waals surface area contributed by atoms with Crippen LogP contribution in [0, 0.1) is 11.8 Å². The molecule has 0 aliphatic rings. The van der Waals surface area contributed by atoms with E-state index < -0.39 is 17.8 Å². The summed E-state index contributed by atoms with van der Waals surface area (Å²) >= 11 is 0. The molecule has 0 fully saturated rings. The molecular formula is C13H15N3O3. The maximum absolute atomic E-state index is 12.0. The first kappa shape index (κ1) is 13.1. The third-order valence-electron chi connectivity index (χ3n) is 3.30. The zero-order valence-electron chi connectivity index (χ0n) is 10.7. The quantitative estimate of drug-likeness (QED) is 0.782. The average Bonchev–Trinajstić information content (AvgIpc) is 2.86. The van der Waals surface area contributed by atoms with Crippen molar-refractivity contribution < 1.29 is 14.7 Å². The van der Waals surface area contributed by atoms with Crippen molar-refractivity contribution in [3.8, 4) is 0 Å². The first-order valence-corrected chi connectivity index (χ1v) is 5.96. The molecule has 1 amide bonds. The minimum atomic E-state index is -0.982. The highest BCUT2D eigenvalue weighted by Gasteiger charge is 2.26. The second-order valence-electron chi connectivity index (χ2n) is 4.54. The third-order valence-corrected chi connectivity index (χ3v) is 3.30. The van der Waals surface area contributed by atoms with Gasteiger partial charge in [0.25, 0.3) is 0 Å². The van der Waals surface area contributed by atoms with E-state index in [2.05, 4.69) is 15.5 Å². The van der Waals surface area contributed by atoms with Gasteiger partial charge in [0.1, 0.15) is 0 Å². The Bertz CT molecular complexity index is 620. The first-order chi connectivity index (χ1) is 9.00. The molecule has 100 valence electrons. The molecule has 0 saturated heterocycles. The lowest BCUT2D eigenvalue weighted by Gasteiger charge is -2.16. The molecule has 6 nitrogen and oxygen atoms in total. The van der Waals surface area contributed by atoms with Crippen molar-refractivity contribution in [3.05, 3.63) is 24.4 Å². The Hall–Kier alpha value is -2.37. The number of H-pyrrole nitrogens is 1. The van der Waals surface area contributed by atoms with E-state index in [1.807, 2.05) is 6.07 Å². The minimum absolute atomic E-state index is 0.316. The van der Waals surface area contributed by atoms with Crippen molar-refractivity contribution in [2.24, 2.45) is 11.8 Å². The fourth-order valence-electron chi connectivity index (χ4n) is 1.76. The smallest absolute Gasteiger partial charge is 0.307 e. The van der Waals surface area contributed by atoms with Crippen LogP contribution in [0.25, 0.3) is 10.9 Å². The number of anilines is 1. The Morgan fingerprint density at radius 3 is 2.74 bits per heavy atom. The van der Waals surface area contributed by atoms with Crippen LogP contribution >= 0.6 is 0 Å². The number of aliphatic carboxylic acids is 1. The summed E-state index contributed by atoms with van der Waals surface area (Å²) in [6.45, 7) is 3.12. The Kier molecular flexibility index (Phi) is 3.50. The molecule has 6 heteroatoms. The lowest BCUT2D eigenvalue weighted by Crippen LogP contribution is -2.29. The van der Waals surface area contributed by atoms with E-state index in [0.717, 1.165) is 10.9 Å². The van der Waals surface area contributed by atoms with Gasteiger partial charge in [0.05, 0.1) is 23.3 Å². The van der Waals surface area contributed by atoms with Crippen molar-refractivity contribution in [2.45, 2.75) is 13.8 Å². The molecule has 1 aromatic carbocycles. The van der Waals surface area contributed by atoms with E-state index in [1.165, 1.54) is 6.92 Å². The number of carbonyl (C=O) groups excluding carboxylic acids is 1. The van der Waals surface area contributed by atoms with Gasteiger partial charge < -0.3 is 10.4 Å². The SMILES string of the molecule is CC(C(=O)O)C(C)C(=O)Nc1cccc2[nH]ncc12. The fraction of sp³-hybridized carbons (Fsp3) is 0.308. The minimum Gasteiger partial charge on any atom is -0.481 e. The van der Waals surface area contributed by atoms with Gasteiger partial charge in [-0.15, -0.1) is 0 Å². The van der Waals surface area contributed by atoms with Gasteiger partial charge in [0, 0.05) is 11.3 Å². The van der Waals surface area contributed by atoms with E-state index >= 15 is 0 Å². The third kappa shape index (κ3) is 2.57. The molecule has 19 heavy (non-hydrogen) atoms. The van der Waals surface area contributed by atoms with Gasteiger partial charge in [0.2, 0.25) is 5.91 Å². The number of nitrogens with one attached hydrogen (secondary N) is 2. The molecular weight excluding hydrogens is 246 g/mol. The maximum Gasteiger partial charge on any atom is 0.307 e. The number of carbonyl (C=O) groups is 2. The van der Waals surface area contributed by atoms with Gasteiger partial charge in [-0.05, 0) is 12.1 Å². The highest BCUT2D eigenvalue weighted by molar-refractivity contribution is 6.02. The van der Waals surface area contributed by atoms with Gasteiger partial charge in [0.15, 0.2) is 0 Å². The molecule has 2 rings (SSSR count). The predicted octanol–water partition coefficient (Wildman–Crippen LogP) is 1.86. The lowest BCUT2D eigenvalue weighted by molar-refractivity contribution is -0.145. The molecule has 0 radical (unpaired) electrons. The number of aromatic nitrogens is 2. The number of rotatable bonds is 4. The zero-order chi connectivity index (χ0) is 14.0. The van der Waals surface area contributed by atoms with Crippen molar-refractivity contribution in [3.63, 3.8) is 0 Å². The molecule has 1 aromatic heterocycles. The van der Waals surface area contributed by atoms with Crippen molar-refractivity contribution in [2.75, 3.05) is 5.32 Å². The van der Waals surface area contributed by atoms with Crippen LogP contribution in [0.15, 0.2) is 24.4 Å². The molecule has 0 aliphatic carbocycles. The Balaban J connectivity index is 2.19. The van der Waals surface area contributed by atoms with Crippen LogP contribution < -0.4 is 5.32 Å². The number of fused-ring (bicyclic) bond motifs is 1. The van der Waals surface area contributed by atoms with Crippen LogP contribution in [0.5, 0.6) is 0 Å². The van der Waals surface area contributed by atoms with Crippen LogP contribution in [0.1, 0.15) is 13.8 Å². The predicted molar refractivity (Wildman–Crippen MR) is 70.7 cm³/mol. The molecule has 2 unspecified atom stereocenters. The maximum atomic E-state index is 12.0. The number of hydrogen-bond acceptors (Lipinski definition) is 3. The lowest BCUT2D eigenvalue weighted by atomic mass is 9.95. The molecule has 0 bridgehead atoms. The summed E-state index contributed by atoms with van der Waals surface area (Å²) < 4.78 is 0. The second kappa shape index (κ2) is 5.09. The standard InChI is InChI=1S/C13H15N3O3/c1-7(8(2)13(18)19)12(17)15-10-4-3-5-11-9(10)6-14-16-11/h3-8H,1-2H3,(H,14,16)(H,15,17)(H,18,19).